The first-order chi connectivity index (χ1) is 6.70. The van der Waals surface area contributed by atoms with Crippen molar-refractivity contribution in [3.8, 4) is 0 Å². The van der Waals surface area contributed by atoms with Gasteiger partial charge in [-0.15, -0.1) is 5.53 Å². The summed E-state index contributed by atoms with van der Waals surface area (Å²) in [4.78, 5) is 0.589. The van der Waals surface area contributed by atoms with Gasteiger partial charge in [0, 0.05) is 11.1 Å². The van der Waals surface area contributed by atoms with Crippen molar-refractivity contribution >= 4 is 17.8 Å². The minimum Gasteiger partial charge on any atom is -0.594 e. The van der Waals surface area contributed by atoms with Gasteiger partial charge in [0.05, 0.1) is 11.4 Å². The highest BCUT2D eigenvalue weighted by molar-refractivity contribution is 6.30. The molecule has 0 amide bonds. The Balaban J connectivity index is 2.68. The highest BCUT2D eigenvalue weighted by Crippen LogP contribution is 1.99. The van der Waals surface area contributed by atoms with Gasteiger partial charge in [0.15, 0.2) is 0 Å². The number of halogens is 1. The van der Waals surface area contributed by atoms with Gasteiger partial charge < -0.3 is 5.21 Å². The Morgan fingerprint density at radius 1 is 1.57 bits per heavy atom. The fraction of sp³-hybridized carbons (Fsp3) is 0. The Morgan fingerprint density at radius 2 is 2.36 bits per heavy atom. The lowest BCUT2D eigenvalue weighted by Gasteiger charge is -2.20. The summed E-state index contributed by atoms with van der Waals surface area (Å²) in [7, 11) is 0. The van der Waals surface area contributed by atoms with Crippen LogP contribution >= 0.6 is 11.6 Å². The molecule has 0 bridgehead atoms. The summed E-state index contributed by atoms with van der Waals surface area (Å²) in [6.07, 6.45) is 1.62. The fourth-order valence-corrected chi connectivity index (χ4v) is 1.38. The molecule has 0 spiro atoms. The van der Waals surface area contributed by atoms with E-state index in [0.29, 0.717) is 20.4 Å². The Bertz CT molecular complexity index is 473. The van der Waals surface area contributed by atoms with Crippen LogP contribution in [-0.2, 0) is 0 Å². The van der Waals surface area contributed by atoms with E-state index in [1.165, 1.54) is 5.12 Å². The molecule has 2 rings (SSSR count). The van der Waals surface area contributed by atoms with Crippen LogP contribution in [0.25, 0.3) is 6.20 Å². The van der Waals surface area contributed by atoms with E-state index in [0.717, 1.165) is 0 Å². The second kappa shape index (κ2) is 3.33. The molecule has 1 heterocycles. The van der Waals surface area contributed by atoms with Crippen LogP contribution in [0.5, 0.6) is 0 Å². The fourth-order valence-electron chi connectivity index (χ4n) is 1.20. The maximum atomic E-state index is 11.4. The van der Waals surface area contributed by atoms with Gasteiger partial charge in [-0.3, -0.25) is 5.84 Å². The van der Waals surface area contributed by atoms with Crippen LogP contribution in [0.15, 0.2) is 18.2 Å². The molecule has 1 aliphatic rings. The predicted molar refractivity (Wildman–Crippen MR) is 52.1 cm³/mol. The van der Waals surface area contributed by atoms with E-state index in [4.69, 9.17) is 17.4 Å². The van der Waals surface area contributed by atoms with Gasteiger partial charge in [-0.2, -0.15) is 5.12 Å². The summed E-state index contributed by atoms with van der Waals surface area (Å²) < 4.78 is 0. The van der Waals surface area contributed by atoms with Crippen molar-refractivity contribution in [2.24, 2.45) is 5.84 Å². The van der Waals surface area contributed by atoms with Crippen LogP contribution in [0.1, 0.15) is 0 Å². The van der Waals surface area contributed by atoms with Crippen LogP contribution in [-0.4, -0.2) is 5.12 Å². The van der Waals surface area contributed by atoms with E-state index in [-0.39, 0.29) is 0 Å². The molecule has 0 unspecified atom stereocenters. The third-order valence-corrected chi connectivity index (χ3v) is 2.05. The minimum atomic E-state index is 0.487. The average molecular weight is 214 g/mol. The van der Waals surface area contributed by atoms with Crippen LogP contribution in [0, 0.1) is 5.21 Å². The van der Waals surface area contributed by atoms with Crippen molar-refractivity contribution in [1.29, 1.82) is 0 Å². The van der Waals surface area contributed by atoms with Crippen molar-refractivity contribution in [3.63, 3.8) is 0 Å². The maximum absolute atomic E-state index is 11.4. The lowest BCUT2D eigenvalue weighted by molar-refractivity contribution is 0.164. The quantitative estimate of drug-likeness (QED) is 0.222. The van der Waals surface area contributed by atoms with Gasteiger partial charge in [0.1, 0.15) is 0 Å². The van der Waals surface area contributed by atoms with Gasteiger partial charge in [-0.1, -0.05) is 22.0 Å². The van der Waals surface area contributed by atoms with Crippen LogP contribution in [0.4, 0.5) is 0 Å². The molecule has 74 valence electrons. The summed E-state index contributed by atoms with van der Waals surface area (Å²) in [5, 5.41) is 14.3. The molecular weight excluding hydrogens is 206 g/mol. The molecule has 0 saturated heterocycles. The van der Waals surface area contributed by atoms with E-state index in [1.807, 2.05) is 0 Å². The number of nitrogens with zero attached hydrogens (tertiary/aromatic N) is 2. The Kier molecular flexibility index (Phi) is 2.16. The molecule has 0 aliphatic carbocycles. The molecule has 0 saturated carbocycles. The topological polar surface area (TPSA) is 79.4 Å². The summed E-state index contributed by atoms with van der Waals surface area (Å²) in [6, 6.07) is 4.95. The Labute approximate surface area is 84.3 Å². The number of nitrogens with one attached hydrogen (secondary N) is 2. The van der Waals surface area contributed by atoms with Gasteiger partial charge in [-0.05, 0) is 12.1 Å². The van der Waals surface area contributed by atoms with Crippen molar-refractivity contribution in [3.05, 3.63) is 39.0 Å². The second-order valence-electron chi connectivity index (χ2n) is 2.73. The number of hydrazine groups is 4. The monoisotopic (exact) mass is 213 g/mol. The molecule has 0 atom stereocenters. The van der Waals surface area contributed by atoms with Crippen molar-refractivity contribution in [1.82, 2.24) is 21.0 Å². The molecule has 4 N–H and O–H groups in total. The molecule has 0 radical (unpaired) electrons. The molecule has 6 nitrogen and oxygen atoms in total. The molecule has 1 aromatic rings. The smallest absolute Gasteiger partial charge is 0.252 e. The van der Waals surface area contributed by atoms with E-state index >= 15 is 0 Å². The van der Waals surface area contributed by atoms with Crippen molar-refractivity contribution in [2.75, 3.05) is 0 Å². The maximum Gasteiger partial charge on any atom is 0.252 e. The molecular formula is C7H8ClN5O. The normalized spacial score (nSPS) is 14.4. The largest absolute Gasteiger partial charge is 0.594 e. The lowest BCUT2D eigenvalue weighted by Crippen LogP contribution is -2.60. The lowest BCUT2D eigenvalue weighted by atomic mass is 10.3. The first-order valence-corrected chi connectivity index (χ1v) is 4.22. The predicted octanol–water partition coefficient (Wildman–Crippen LogP) is -1.82. The molecule has 14 heavy (non-hydrogen) atoms. The van der Waals surface area contributed by atoms with Gasteiger partial charge in [-0.25, -0.2) is 0 Å². The summed E-state index contributed by atoms with van der Waals surface area (Å²) in [5.41, 5.74) is 4.69. The standard InChI is InChI=1S/C7H8ClN5O/c8-6-1-2-7-5(3-6)4-12(10-9)11-13(7)14/h1-4,10-11H,9H2. The molecule has 1 aliphatic heterocycles. The number of hydrogen-bond acceptors (Lipinski definition) is 5. The molecule has 0 fully saturated rings. The Hall–Kier alpha value is -1.50. The van der Waals surface area contributed by atoms with Gasteiger partial charge in [0.25, 0.3) is 5.36 Å². The first-order valence-electron chi connectivity index (χ1n) is 3.84. The zero-order valence-corrected chi connectivity index (χ0v) is 7.82. The first kappa shape index (κ1) is 9.07. The van der Waals surface area contributed by atoms with E-state index in [1.54, 1.807) is 24.4 Å². The SMILES string of the molecule is NNN1C=c2cc(Cl)ccc2=[N+]([O-])N1. The third-order valence-electron chi connectivity index (χ3n) is 1.81. The molecule has 0 aromatic heterocycles. The van der Waals surface area contributed by atoms with E-state index < -0.39 is 0 Å². The summed E-state index contributed by atoms with van der Waals surface area (Å²) in [5.74, 6) is 5.14. The number of rotatable bonds is 1. The summed E-state index contributed by atoms with van der Waals surface area (Å²) >= 11 is 5.78. The summed E-state index contributed by atoms with van der Waals surface area (Å²) in [6.45, 7) is 0. The number of fused-ring (bicyclic) bond motifs is 1. The van der Waals surface area contributed by atoms with Crippen LogP contribution in [0.2, 0.25) is 5.02 Å². The Morgan fingerprint density at radius 3 is 3.07 bits per heavy atom. The van der Waals surface area contributed by atoms with Gasteiger partial charge in [0.2, 0.25) is 0 Å². The van der Waals surface area contributed by atoms with Crippen LogP contribution < -0.4 is 32.3 Å². The van der Waals surface area contributed by atoms with Crippen molar-refractivity contribution in [2.45, 2.75) is 0 Å². The van der Waals surface area contributed by atoms with Crippen LogP contribution in [0.3, 0.4) is 0 Å². The average Bonchev–Trinajstić information content (AvgIpc) is 2.16. The highest BCUT2D eigenvalue weighted by Gasteiger charge is 2.09. The van der Waals surface area contributed by atoms with E-state index in [9.17, 15) is 5.21 Å². The zero-order valence-electron chi connectivity index (χ0n) is 7.07. The minimum absolute atomic E-state index is 0.487. The zero-order chi connectivity index (χ0) is 10.1. The number of benzene rings is 1. The third kappa shape index (κ3) is 1.46. The van der Waals surface area contributed by atoms with E-state index in [2.05, 4.69) is 11.1 Å². The highest BCUT2D eigenvalue weighted by atomic mass is 35.5. The number of hydrogen-bond donors (Lipinski definition) is 3. The van der Waals surface area contributed by atoms with Crippen molar-refractivity contribution < 1.29 is 0 Å². The van der Waals surface area contributed by atoms with Gasteiger partial charge >= 0.3 is 0 Å². The number of nitrogens with two attached hydrogens (primary N) is 1. The molecule has 7 heteroatoms. The molecule has 1 aromatic carbocycles. The second-order valence-corrected chi connectivity index (χ2v) is 3.16.